The van der Waals surface area contributed by atoms with Crippen molar-refractivity contribution in [3.8, 4) is 0 Å². The molecule has 1 fully saturated rings. The standard InChI is InChI=1S/C11H14N4O2S/c12-8-4-5-10-13-14-11(15(10)7-8)9-3-1-2-6-18(9,16)17/h4-5,7,9H,1-3,6,12H2. The van der Waals surface area contributed by atoms with E-state index in [9.17, 15) is 8.42 Å². The first-order valence-corrected chi connectivity index (χ1v) is 7.61. The number of hydrogen-bond acceptors (Lipinski definition) is 5. The molecule has 2 aromatic heterocycles. The number of nitrogens with two attached hydrogens (primary N) is 1. The average molecular weight is 266 g/mol. The highest BCUT2D eigenvalue weighted by Crippen LogP contribution is 2.32. The van der Waals surface area contributed by atoms with Crippen molar-refractivity contribution in [2.75, 3.05) is 11.5 Å². The van der Waals surface area contributed by atoms with Crippen LogP contribution in [-0.2, 0) is 9.84 Å². The molecule has 3 heterocycles. The van der Waals surface area contributed by atoms with Gasteiger partial charge in [0.2, 0.25) is 0 Å². The smallest absolute Gasteiger partial charge is 0.160 e. The zero-order chi connectivity index (χ0) is 12.8. The number of anilines is 1. The Balaban J connectivity index is 2.16. The minimum Gasteiger partial charge on any atom is -0.398 e. The Morgan fingerprint density at radius 1 is 1.28 bits per heavy atom. The number of hydrogen-bond donors (Lipinski definition) is 1. The number of aromatic nitrogens is 3. The number of rotatable bonds is 1. The van der Waals surface area contributed by atoms with E-state index in [1.54, 1.807) is 22.7 Å². The van der Waals surface area contributed by atoms with Gasteiger partial charge in [-0.1, -0.05) is 6.42 Å². The number of fused-ring (bicyclic) bond motifs is 1. The van der Waals surface area contributed by atoms with Crippen LogP contribution in [0.3, 0.4) is 0 Å². The molecule has 0 aliphatic carbocycles. The quantitative estimate of drug-likeness (QED) is 0.830. The number of nitrogen functional groups attached to an aromatic ring is 1. The molecule has 2 aromatic rings. The predicted octanol–water partition coefficient (Wildman–Crippen LogP) is 0.951. The fourth-order valence-corrected chi connectivity index (χ4v) is 4.29. The van der Waals surface area contributed by atoms with Gasteiger partial charge < -0.3 is 5.73 Å². The molecule has 0 spiro atoms. The molecule has 6 nitrogen and oxygen atoms in total. The van der Waals surface area contributed by atoms with Gasteiger partial charge in [-0.05, 0) is 25.0 Å². The van der Waals surface area contributed by atoms with Gasteiger partial charge in [-0.15, -0.1) is 10.2 Å². The molecule has 1 aliphatic heterocycles. The van der Waals surface area contributed by atoms with E-state index in [0.717, 1.165) is 12.8 Å². The monoisotopic (exact) mass is 266 g/mol. The summed E-state index contributed by atoms with van der Waals surface area (Å²) in [5.74, 6) is 0.714. The summed E-state index contributed by atoms with van der Waals surface area (Å²) >= 11 is 0. The summed E-state index contributed by atoms with van der Waals surface area (Å²) in [7, 11) is -3.11. The van der Waals surface area contributed by atoms with E-state index in [2.05, 4.69) is 10.2 Å². The number of nitrogens with zero attached hydrogens (tertiary/aromatic N) is 3. The molecule has 1 atom stereocenters. The van der Waals surface area contributed by atoms with Crippen molar-refractivity contribution in [1.82, 2.24) is 14.6 Å². The van der Waals surface area contributed by atoms with E-state index in [-0.39, 0.29) is 5.75 Å². The summed E-state index contributed by atoms with van der Waals surface area (Å²) in [5.41, 5.74) is 6.91. The van der Waals surface area contributed by atoms with Gasteiger partial charge in [0.1, 0.15) is 5.25 Å². The molecular formula is C11H14N4O2S. The van der Waals surface area contributed by atoms with Gasteiger partial charge in [-0.2, -0.15) is 0 Å². The number of sulfone groups is 1. The van der Waals surface area contributed by atoms with E-state index >= 15 is 0 Å². The average Bonchev–Trinajstić information content (AvgIpc) is 2.71. The van der Waals surface area contributed by atoms with Crippen molar-refractivity contribution in [1.29, 1.82) is 0 Å². The van der Waals surface area contributed by atoms with E-state index in [4.69, 9.17) is 5.73 Å². The highest BCUT2D eigenvalue weighted by Gasteiger charge is 2.33. The third-order valence-electron chi connectivity index (χ3n) is 3.32. The molecule has 2 N–H and O–H groups in total. The Bertz CT molecular complexity index is 692. The van der Waals surface area contributed by atoms with Crippen molar-refractivity contribution in [3.05, 3.63) is 24.2 Å². The number of pyridine rings is 1. The van der Waals surface area contributed by atoms with E-state index < -0.39 is 15.1 Å². The lowest BCUT2D eigenvalue weighted by Gasteiger charge is -2.20. The zero-order valence-corrected chi connectivity index (χ0v) is 10.6. The summed E-state index contributed by atoms with van der Waals surface area (Å²) in [6.07, 6.45) is 3.92. The summed E-state index contributed by atoms with van der Waals surface area (Å²) in [5, 5.41) is 7.47. The fraction of sp³-hybridized carbons (Fsp3) is 0.455. The Hall–Kier alpha value is -1.63. The molecule has 1 unspecified atom stereocenters. The normalized spacial score (nSPS) is 23.2. The van der Waals surface area contributed by atoms with Gasteiger partial charge >= 0.3 is 0 Å². The van der Waals surface area contributed by atoms with Crippen LogP contribution in [0.25, 0.3) is 5.65 Å². The van der Waals surface area contributed by atoms with E-state index in [1.165, 1.54) is 0 Å². The minimum atomic E-state index is -3.11. The molecule has 0 saturated carbocycles. The van der Waals surface area contributed by atoms with Crippen LogP contribution in [0.1, 0.15) is 30.3 Å². The first kappa shape index (κ1) is 11.5. The van der Waals surface area contributed by atoms with E-state index in [0.29, 0.717) is 23.6 Å². The minimum absolute atomic E-state index is 0.231. The first-order valence-electron chi connectivity index (χ1n) is 5.90. The lowest BCUT2D eigenvalue weighted by Crippen LogP contribution is -2.23. The third kappa shape index (κ3) is 1.74. The molecule has 3 rings (SSSR count). The Morgan fingerprint density at radius 3 is 2.89 bits per heavy atom. The Labute approximate surface area is 105 Å². The van der Waals surface area contributed by atoms with Gasteiger partial charge in [0.05, 0.1) is 5.75 Å². The predicted molar refractivity (Wildman–Crippen MR) is 67.8 cm³/mol. The van der Waals surface area contributed by atoms with Crippen molar-refractivity contribution in [3.63, 3.8) is 0 Å². The van der Waals surface area contributed by atoms with Crippen molar-refractivity contribution < 1.29 is 8.42 Å². The molecule has 96 valence electrons. The van der Waals surface area contributed by atoms with E-state index in [1.807, 2.05) is 0 Å². The first-order chi connectivity index (χ1) is 8.58. The molecule has 0 aromatic carbocycles. The lowest BCUT2D eigenvalue weighted by molar-refractivity contribution is 0.537. The topological polar surface area (TPSA) is 90.3 Å². The second kappa shape index (κ2) is 3.94. The summed E-state index contributed by atoms with van der Waals surface area (Å²) in [4.78, 5) is 0. The highest BCUT2D eigenvalue weighted by molar-refractivity contribution is 7.91. The maximum absolute atomic E-state index is 12.1. The van der Waals surface area contributed by atoms with Crippen LogP contribution in [-0.4, -0.2) is 28.8 Å². The van der Waals surface area contributed by atoms with Crippen molar-refractivity contribution >= 4 is 21.2 Å². The maximum atomic E-state index is 12.1. The van der Waals surface area contributed by atoms with Crippen molar-refractivity contribution in [2.24, 2.45) is 0 Å². The largest absolute Gasteiger partial charge is 0.398 e. The van der Waals surface area contributed by atoms with Gasteiger partial charge in [0.25, 0.3) is 0 Å². The molecule has 0 radical (unpaired) electrons. The summed E-state index contributed by atoms with van der Waals surface area (Å²) in [6, 6.07) is 3.46. The molecule has 0 amide bonds. The van der Waals surface area contributed by atoms with Crippen LogP contribution in [0.4, 0.5) is 5.69 Å². The van der Waals surface area contributed by atoms with Crippen LogP contribution in [0.2, 0.25) is 0 Å². The van der Waals surface area contributed by atoms with Crippen LogP contribution >= 0.6 is 0 Å². The maximum Gasteiger partial charge on any atom is 0.160 e. The van der Waals surface area contributed by atoms with Crippen molar-refractivity contribution in [2.45, 2.75) is 24.5 Å². The lowest BCUT2D eigenvalue weighted by atomic mass is 10.2. The fourth-order valence-electron chi connectivity index (χ4n) is 2.39. The molecule has 1 aliphatic rings. The van der Waals surface area contributed by atoms with Crippen LogP contribution in [0.15, 0.2) is 18.3 Å². The van der Waals surface area contributed by atoms with Gasteiger partial charge in [0, 0.05) is 11.9 Å². The molecule has 7 heteroatoms. The second-order valence-corrected chi connectivity index (χ2v) is 6.90. The second-order valence-electron chi connectivity index (χ2n) is 4.60. The van der Waals surface area contributed by atoms with Crippen LogP contribution in [0, 0.1) is 0 Å². The molecule has 18 heavy (non-hydrogen) atoms. The SMILES string of the molecule is Nc1ccc2nnc(C3CCCCS3(=O)=O)n2c1. The summed E-state index contributed by atoms with van der Waals surface area (Å²) in [6.45, 7) is 0. The molecule has 1 saturated heterocycles. The van der Waals surface area contributed by atoms with Gasteiger partial charge in [-0.3, -0.25) is 4.40 Å². The van der Waals surface area contributed by atoms with Gasteiger partial charge in [-0.25, -0.2) is 8.42 Å². The highest BCUT2D eigenvalue weighted by atomic mass is 32.2. The molecular weight excluding hydrogens is 252 g/mol. The zero-order valence-electron chi connectivity index (χ0n) is 9.78. The summed E-state index contributed by atoms with van der Waals surface area (Å²) < 4.78 is 25.9. The molecule has 0 bridgehead atoms. The van der Waals surface area contributed by atoms with Gasteiger partial charge in [0.15, 0.2) is 21.3 Å². The Morgan fingerprint density at radius 2 is 2.11 bits per heavy atom. The van der Waals surface area contributed by atoms with Crippen LogP contribution < -0.4 is 5.73 Å². The van der Waals surface area contributed by atoms with Crippen LogP contribution in [0.5, 0.6) is 0 Å². The third-order valence-corrected chi connectivity index (χ3v) is 5.49. The Kier molecular flexibility index (Phi) is 2.51.